The van der Waals surface area contributed by atoms with Gasteiger partial charge >= 0.3 is 0 Å². The number of aromatic nitrogens is 6. The highest BCUT2D eigenvalue weighted by atomic mass is 16.2. The number of H-pyrrole nitrogens is 1. The van der Waals surface area contributed by atoms with Crippen molar-refractivity contribution in [3.05, 3.63) is 48.5 Å². The summed E-state index contributed by atoms with van der Waals surface area (Å²) in [5, 5.41) is 18.3. The zero-order valence-electron chi connectivity index (χ0n) is 13.7. The Morgan fingerprint density at radius 1 is 1.28 bits per heavy atom. The van der Waals surface area contributed by atoms with E-state index in [0.717, 1.165) is 36.2 Å². The zero-order chi connectivity index (χ0) is 17.1. The predicted molar refractivity (Wildman–Crippen MR) is 90.4 cm³/mol. The SMILES string of the molecule is O=C(Cn1cnnn1)N1CCC[C@H](c2[nH]ncc2-c2ccccc2)C1. The summed E-state index contributed by atoms with van der Waals surface area (Å²) in [6.45, 7) is 1.63. The fraction of sp³-hybridized carbons (Fsp3) is 0.353. The average molecular weight is 337 g/mol. The van der Waals surface area contributed by atoms with E-state index in [1.807, 2.05) is 29.3 Å². The van der Waals surface area contributed by atoms with E-state index in [0.29, 0.717) is 6.54 Å². The van der Waals surface area contributed by atoms with Gasteiger partial charge < -0.3 is 4.90 Å². The number of tetrazole rings is 1. The Labute approximate surface area is 144 Å². The fourth-order valence-corrected chi connectivity index (χ4v) is 3.39. The summed E-state index contributed by atoms with van der Waals surface area (Å²) >= 11 is 0. The third kappa shape index (κ3) is 3.28. The minimum absolute atomic E-state index is 0.0396. The number of hydrogen-bond donors (Lipinski definition) is 1. The first-order valence-corrected chi connectivity index (χ1v) is 8.38. The molecule has 0 unspecified atom stereocenters. The van der Waals surface area contributed by atoms with E-state index >= 15 is 0 Å². The average Bonchev–Trinajstić information content (AvgIpc) is 3.34. The number of nitrogens with zero attached hydrogens (tertiary/aromatic N) is 6. The van der Waals surface area contributed by atoms with Crippen molar-refractivity contribution in [2.24, 2.45) is 0 Å². The van der Waals surface area contributed by atoms with E-state index in [2.05, 4.69) is 37.9 Å². The number of aromatic amines is 1. The number of carbonyl (C=O) groups excluding carboxylic acids is 1. The largest absolute Gasteiger partial charge is 0.340 e. The number of benzene rings is 1. The standard InChI is InChI=1S/C17H19N7O/c25-16(11-24-12-19-21-22-24)23-8-4-7-14(10-23)17-15(9-18-20-17)13-5-2-1-3-6-13/h1-3,5-6,9,12,14H,4,7-8,10-11H2,(H,18,20)/t14-/m0/s1. The Morgan fingerprint density at radius 3 is 2.96 bits per heavy atom. The van der Waals surface area contributed by atoms with Crippen LogP contribution in [0.15, 0.2) is 42.9 Å². The van der Waals surface area contributed by atoms with Gasteiger partial charge in [0.25, 0.3) is 0 Å². The van der Waals surface area contributed by atoms with Crippen LogP contribution in [-0.4, -0.2) is 54.3 Å². The van der Waals surface area contributed by atoms with Crippen molar-refractivity contribution in [3.63, 3.8) is 0 Å². The van der Waals surface area contributed by atoms with Gasteiger partial charge in [-0.3, -0.25) is 9.89 Å². The molecule has 0 spiro atoms. The summed E-state index contributed by atoms with van der Waals surface area (Å²) in [7, 11) is 0. The maximum absolute atomic E-state index is 12.5. The molecule has 25 heavy (non-hydrogen) atoms. The van der Waals surface area contributed by atoms with Crippen molar-refractivity contribution in [2.75, 3.05) is 13.1 Å². The molecule has 0 saturated carbocycles. The summed E-state index contributed by atoms with van der Waals surface area (Å²) in [6.07, 6.45) is 5.34. The molecule has 2 aromatic heterocycles. The van der Waals surface area contributed by atoms with Gasteiger partial charge in [0.1, 0.15) is 12.9 Å². The smallest absolute Gasteiger partial charge is 0.244 e. The summed E-state index contributed by atoms with van der Waals surface area (Å²) in [4.78, 5) is 14.4. The Balaban J connectivity index is 1.50. The van der Waals surface area contributed by atoms with Crippen LogP contribution in [-0.2, 0) is 11.3 Å². The molecule has 8 nitrogen and oxygen atoms in total. The van der Waals surface area contributed by atoms with Crippen molar-refractivity contribution in [3.8, 4) is 11.1 Å². The third-order valence-corrected chi connectivity index (χ3v) is 4.62. The lowest BCUT2D eigenvalue weighted by molar-refractivity contribution is -0.133. The molecule has 4 rings (SSSR count). The van der Waals surface area contributed by atoms with E-state index in [-0.39, 0.29) is 18.4 Å². The molecule has 1 atom stereocenters. The monoisotopic (exact) mass is 337 g/mol. The molecule has 3 aromatic rings. The summed E-state index contributed by atoms with van der Waals surface area (Å²) in [5.41, 5.74) is 3.36. The highest BCUT2D eigenvalue weighted by Gasteiger charge is 2.27. The number of piperidine rings is 1. The minimum Gasteiger partial charge on any atom is -0.340 e. The molecule has 1 aromatic carbocycles. The van der Waals surface area contributed by atoms with Crippen molar-refractivity contribution < 1.29 is 4.79 Å². The normalized spacial score (nSPS) is 17.6. The molecule has 1 N–H and O–H groups in total. The Kier molecular flexibility index (Phi) is 4.24. The Bertz CT molecular complexity index is 828. The van der Waals surface area contributed by atoms with Crippen LogP contribution >= 0.6 is 0 Å². The maximum atomic E-state index is 12.5. The minimum atomic E-state index is 0.0396. The first kappa shape index (κ1) is 15.5. The van der Waals surface area contributed by atoms with Gasteiger partial charge in [0.2, 0.25) is 5.91 Å². The fourth-order valence-electron chi connectivity index (χ4n) is 3.39. The van der Waals surface area contributed by atoms with E-state index in [4.69, 9.17) is 0 Å². The summed E-state index contributed by atoms with van der Waals surface area (Å²) in [5.74, 6) is 0.294. The van der Waals surface area contributed by atoms with E-state index < -0.39 is 0 Å². The van der Waals surface area contributed by atoms with Gasteiger partial charge in [0, 0.05) is 30.3 Å². The second kappa shape index (κ2) is 6.84. The van der Waals surface area contributed by atoms with Gasteiger partial charge in [0.15, 0.2) is 0 Å². The zero-order valence-corrected chi connectivity index (χ0v) is 13.7. The number of hydrogen-bond acceptors (Lipinski definition) is 5. The second-order valence-electron chi connectivity index (χ2n) is 6.25. The molecule has 0 radical (unpaired) electrons. The molecule has 1 aliphatic rings. The predicted octanol–water partition coefficient (Wildman–Crippen LogP) is 1.47. The molecule has 0 bridgehead atoms. The Morgan fingerprint density at radius 2 is 2.16 bits per heavy atom. The van der Waals surface area contributed by atoms with E-state index in [1.165, 1.54) is 11.0 Å². The van der Waals surface area contributed by atoms with Crippen LogP contribution in [0.5, 0.6) is 0 Å². The highest BCUT2D eigenvalue weighted by molar-refractivity contribution is 5.76. The van der Waals surface area contributed by atoms with Gasteiger partial charge in [-0.1, -0.05) is 30.3 Å². The first-order valence-electron chi connectivity index (χ1n) is 8.38. The molecule has 0 aliphatic carbocycles. The van der Waals surface area contributed by atoms with Crippen LogP contribution in [0.4, 0.5) is 0 Å². The Hall–Kier alpha value is -3.03. The van der Waals surface area contributed by atoms with Crippen LogP contribution < -0.4 is 0 Å². The van der Waals surface area contributed by atoms with E-state index in [1.54, 1.807) is 0 Å². The number of carbonyl (C=O) groups is 1. The van der Waals surface area contributed by atoms with Crippen molar-refractivity contribution in [1.29, 1.82) is 0 Å². The second-order valence-corrected chi connectivity index (χ2v) is 6.25. The lowest BCUT2D eigenvalue weighted by atomic mass is 9.90. The third-order valence-electron chi connectivity index (χ3n) is 4.62. The van der Waals surface area contributed by atoms with Gasteiger partial charge in [-0.2, -0.15) is 5.10 Å². The van der Waals surface area contributed by atoms with Crippen LogP contribution in [0.1, 0.15) is 24.5 Å². The summed E-state index contributed by atoms with van der Waals surface area (Å²) in [6, 6.07) is 10.2. The van der Waals surface area contributed by atoms with Crippen LogP contribution in [0, 0.1) is 0 Å². The van der Waals surface area contributed by atoms with Crippen molar-refractivity contribution in [2.45, 2.75) is 25.3 Å². The van der Waals surface area contributed by atoms with E-state index in [9.17, 15) is 4.79 Å². The topological polar surface area (TPSA) is 92.6 Å². The van der Waals surface area contributed by atoms with Crippen LogP contribution in [0.25, 0.3) is 11.1 Å². The number of rotatable bonds is 4. The van der Waals surface area contributed by atoms with Gasteiger partial charge in [-0.05, 0) is 28.8 Å². The molecular weight excluding hydrogens is 318 g/mol. The highest BCUT2D eigenvalue weighted by Crippen LogP contribution is 2.32. The quantitative estimate of drug-likeness (QED) is 0.778. The molecule has 1 amide bonds. The van der Waals surface area contributed by atoms with Crippen LogP contribution in [0.3, 0.4) is 0 Å². The summed E-state index contributed by atoms with van der Waals surface area (Å²) < 4.78 is 1.46. The molecule has 1 saturated heterocycles. The molecular formula is C17H19N7O. The first-order chi connectivity index (χ1) is 12.3. The lowest BCUT2D eigenvalue weighted by Crippen LogP contribution is -2.41. The van der Waals surface area contributed by atoms with Crippen LogP contribution in [0.2, 0.25) is 0 Å². The number of amides is 1. The van der Waals surface area contributed by atoms with Gasteiger partial charge in [-0.25, -0.2) is 4.68 Å². The molecule has 128 valence electrons. The van der Waals surface area contributed by atoms with Gasteiger partial charge in [-0.15, -0.1) is 5.10 Å². The van der Waals surface area contributed by atoms with Gasteiger partial charge in [0.05, 0.1) is 6.20 Å². The maximum Gasteiger partial charge on any atom is 0.244 e. The number of likely N-dealkylation sites (tertiary alicyclic amines) is 1. The molecule has 1 fully saturated rings. The van der Waals surface area contributed by atoms with Crippen molar-refractivity contribution in [1.82, 2.24) is 35.3 Å². The molecule has 8 heteroatoms. The number of nitrogens with one attached hydrogen (secondary N) is 1. The van der Waals surface area contributed by atoms with Crippen molar-refractivity contribution >= 4 is 5.91 Å². The molecule has 1 aliphatic heterocycles. The molecule has 3 heterocycles. The lowest BCUT2D eigenvalue weighted by Gasteiger charge is -2.32.